The standard InChI is InChI=1S/C21H33N3O3/c1-7-27-17-11-21(22,20(17,5)6)19(26)24-16-9-8-15(10-14(16)4)18(25)23-12-13(2)3/h8-10,13,17H,7,11-12,22H2,1-6H3,(H,23,25)(H,24,26). The van der Waals surface area contributed by atoms with Gasteiger partial charge in [0.2, 0.25) is 5.91 Å². The van der Waals surface area contributed by atoms with Crippen LogP contribution in [-0.2, 0) is 9.53 Å². The Labute approximate surface area is 162 Å². The van der Waals surface area contributed by atoms with Gasteiger partial charge in [-0.25, -0.2) is 0 Å². The molecule has 27 heavy (non-hydrogen) atoms. The molecule has 2 atom stereocenters. The van der Waals surface area contributed by atoms with Gasteiger partial charge >= 0.3 is 0 Å². The number of benzene rings is 1. The molecule has 2 amide bonds. The number of hydrogen-bond acceptors (Lipinski definition) is 4. The summed E-state index contributed by atoms with van der Waals surface area (Å²) in [5.41, 5.74) is 7.07. The number of anilines is 1. The van der Waals surface area contributed by atoms with Crippen molar-refractivity contribution in [3.63, 3.8) is 0 Å². The summed E-state index contributed by atoms with van der Waals surface area (Å²) in [6.45, 7) is 13.1. The van der Waals surface area contributed by atoms with Crippen LogP contribution in [0.5, 0.6) is 0 Å². The average Bonchev–Trinajstić information content (AvgIpc) is 2.60. The summed E-state index contributed by atoms with van der Waals surface area (Å²) in [7, 11) is 0. The molecule has 0 spiro atoms. The molecule has 4 N–H and O–H groups in total. The van der Waals surface area contributed by atoms with Gasteiger partial charge in [-0.05, 0) is 43.5 Å². The predicted molar refractivity (Wildman–Crippen MR) is 108 cm³/mol. The molecule has 1 aliphatic carbocycles. The average molecular weight is 376 g/mol. The molecule has 0 aliphatic heterocycles. The first-order chi connectivity index (χ1) is 12.5. The Kier molecular flexibility index (Phi) is 6.32. The van der Waals surface area contributed by atoms with E-state index in [1.165, 1.54) is 0 Å². The van der Waals surface area contributed by atoms with E-state index < -0.39 is 11.0 Å². The highest BCUT2D eigenvalue weighted by Crippen LogP contribution is 2.50. The molecule has 6 heteroatoms. The molecule has 0 radical (unpaired) electrons. The van der Waals surface area contributed by atoms with Crippen LogP contribution >= 0.6 is 0 Å². The molecule has 1 saturated carbocycles. The molecular weight excluding hydrogens is 342 g/mol. The summed E-state index contributed by atoms with van der Waals surface area (Å²) in [5, 5.41) is 5.83. The lowest BCUT2D eigenvalue weighted by Crippen LogP contribution is -2.74. The van der Waals surface area contributed by atoms with Crippen molar-refractivity contribution < 1.29 is 14.3 Å². The summed E-state index contributed by atoms with van der Waals surface area (Å²) in [6.07, 6.45) is 0.473. The molecule has 150 valence electrons. The highest BCUT2D eigenvalue weighted by molar-refractivity contribution is 6.01. The van der Waals surface area contributed by atoms with Crippen molar-refractivity contribution in [3.8, 4) is 0 Å². The van der Waals surface area contributed by atoms with Crippen LogP contribution in [0.2, 0.25) is 0 Å². The number of hydrogen-bond donors (Lipinski definition) is 3. The fraction of sp³-hybridized carbons (Fsp3) is 0.619. The second-order valence-electron chi connectivity index (χ2n) is 8.43. The minimum atomic E-state index is -0.980. The normalized spacial score (nSPS) is 23.6. The van der Waals surface area contributed by atoms with Crippen molar-refractivity contribution in [2.45, 2.75) is 59.6 Å². The van der Waals surface area contributed by atoms with E-state index in [0.717, 1.165) is 5.56 Å². The number of amides is 2. The molecule has 6 nitrogen and oxygen atoms in total. The maximum absolute atomic E-state index is 12.9. The van der Waals surface area contributed by atoms with E-state index >= 15 is 0 Å². The molecule has 2 unspecified atom stereocenters. The number of aryl methyl sites for hydroxylation is 1. The van der Waals surface area contributed by atoms with Crippen LogP contribution in [-0.4, -0.2) is 36.6 Å². The third-order valence-corrected chi connectivity index (χ3v) is 5.64. The van der Waals surface area contributed by atoms with Crippen LogP contribution in [0, 0.1) is 18.3 Å². The van der Waals surface area contributed by atoms with Crippen molar-refractivity contribution in [1.29, 1.82) is 0 Å². The van der Waals surface area contributed by atoms with Gasteiger partial charge in [0.05, 0.1) is 6.10 Å². The molecule has 0 bridgehead atoms. The second-order valence-corrected chi connectivity index (χ2v) is 8.43. The molecule has 0 aromatic heterocycles. The zero-order valence-electron chi connectivity index (χ0n) is 17.3. The monoisotopic (exact) mass is 375 g/mol. The van der Waals surface area contributed by atoms with Gasteiger partial charge in [0, 0.05) is 36.2 Å². The minimum absolute atomic E-state index is 0.0219. The van der Waals surface area contributed by atoms with Gasteiger partial charge in [-0.1, -0.05) is 27.7 Å². The quantitative estimate of drug-likeness (QED) is 0.683. The molecule has 0 heterocycles. The van der Waals surface area contributed by atoms with E-state index in [4.69, 9.17) is 10.5 Å². The first-order valence-electron chi connectivity index (χ1n) is 9.63. The number of carbonyl (C=O) groups excluding carboxylic acids is 2. The summed E-state index contributed by atoms with van der Waals surface area (Å²) < 4.78 is 5.69. The summed E-state index contributed by atoms with van der Waals surface area (Å²) in [4.78, 5) is 25.1. The Morgan fingerprint density at radius 2 is 2.00 bits per heavy atom. The SMILES string of the molecule is CCOC1CC(N)(C(=O)Nc2ccc(C(=O)NCC(C)C)cc2C)C1(C)C. The fourth-order valence-electron chi connectivity index (χ4n) is 3.40. The van der Waals surface area contributed by atoms with Gasteiger partial charge in [-0.15, -0.1) is 0 Å². The van der Waals surface area contributed by atoms with Crippen LogP contribution in [0.4, 0.5) is 5.69 Å². The lowest BCUT2D eigenvalue weighted by molar-refractivity contribution is -0.166. The summed E-state index contributed by atoms with van der Waals surface area (Å²) >= 11 is 0. The van der Waals surface area contributed by atoms with Crippen LogP contribution in [0.3, 0.4) is 0 Å². The molecule has 1 aromatic carbocycles. The van der Waals surface area contributed by atoms with E-state index in [0.29, 0.717) is 36.7 Å². The van der Waals surface area contributed by atoms with Crippen molar-refractivity contribution in [2.24, 2.45) is 17.1 Å². The van der Waals surface area contributed by atoms with Gasteiger partial charge in [-0.2, -0.15) is 0 Å². The topological polar surface area (TPSA) is 93.4 Å². The van der Waals surface area contributed by atoms with Crippen molar-refractivity contribution in [2.75, 3.05) is 18.5 Å². The van der Waals surface area contributed by atoms with Crippen molar-refractivity contribution in [3.05, 3.63) is 29.3 Å². The number of carbonyl (C=O) groups is 2. The summed E-state index contributed by atoms with van der Waals surface area (Å²) in [6, 6.07) is 5.26. The maximum atomic E-state index is 12.9. The molecule has 2 rings (SSSR count). The number of nitrogens with two attached hydrogens (primary N) is 1. The third kappa shape index (κ3) is 4.17. The van der Waals surface area contributed by atoms with Crippen molar-refractivity contribution >= 4 is 17.5 Å². The summed E-state index contributed by atoms with van der Waals surface area (Å²) in [5.74, 6) is 0.0592. The van der Waals surface area contributed by atoms with Gasteiger partial charge in [-0.3, -0.25) is 9.59 Å². The van der Waals surface area contributed by atoms with Crippen LogP contribution in [0.15, 0.2) is 18.2 Å². The van der Waals surface area contributed by atoms with Crippen LogP contribution in [0.1, 0.15) is 57.0 Å². The predicted octanol–water partition coefficient (Wildman–Crippen LogP) is 2.85. The van der Waals surface area contributed by atoms with Crippen LogP contribution < -0.4 is 16.4 Å². The lowest BCUT2D eigenvalue weighted by atomic mass is 9.54. The van der Waals surface area contributed by atoms with E-state index in [1.807, 2.05) is 41.5 Å². The number of ether oxygens (including phenoxy) is 1. The first-order valence-corrected chi connectivity index (χ1v) is 9.63. The van der Waals surface area contributed by atoms with E-state index in [2.05, 4.69) is 10.6 Å². The Balaban J connectivity index is 2.07. The van der Waals surface area contributed by atoms with Gasteiger partial charge in [0.1, 0.15) is 5.54 Å². The molecule has 1 aliphatic rings. The smallest absolute Gasteiger partial charge is 0.251 e. The van der Waals surface area contributed by atoms with E-state index in [-0.39, 0.29) is 17.9 Å². The third-order valence-electron chi connectivity index (χ3n) is 5.64. The lowest BCUT2D eigenvalue weighted by Gasteiger charge is -2.57. The Morgan fingerprint density at radius 3 is 2.52 bits per heavy atom. The molecule has 1 fully saturated rings. The minimum Gasteiger partial charge on any atom is -0.378 e. The van der Waals surface area contributed by atoms with Crippen molar-refractivity contribution in [1.82, 2.24) is 5.32 Å². The molecular formula is C21H33N3O3. The van der Waals surface area contributed by atoms with E-state index in [9.17, 15) is 9.59 Å². The maximum Gasteiger partial charge on any atom is 0.251 e. The van der Waals surface area contributed by atoms with E-state index in [1.54, 1.807) is 18.2 Å². The van der Waals surface area contributed by atoms with Gasteiger partial charge < -0.3 is 21.1 Å². The van der Waals surface area contributed by atoms with Gasteiger partial charge in [0.15, 0.2) is 0 Å². The highest BCUT2D eigenvalue weighted by Gasteiger charge is 2.62. The molecule has 0 saturated heterocycles. The fourth-order valence-corrected chi connectivity index (χ4v) is 3.40. The zero-order chi connectivity index (χ0) is 20.4. The Bertz CT molecular complexity index is 715. The number of rotatable bonds is 7. The van der Waals surface area contributed by atoms with Gasteiger partial charge in [0.25, 0.3) is 5.91 Å². The highest BCUT2D eigenvalue weighted by atomic mass is 16.5. The Morgan fingerprint density at radius 1 is 1.33 bits per heavy atom. The first kappa shape index (κ1) is 21.4. The largest absolute Gasteiger partial charge is 0.378 e. The Hall–Kier alpha value is -1.92. The number of nitrogens with one attached hydrogen (secondary N) is 2. The second kappa shape index (κ2) is 7.98. The molecule has 1 aromatic rings. The van der Waals surface area contributed by atoms with Crippen LogP contribution in [0.25, 0.3) is 0 Å². The zero-order valence-corrected chi connectivity index (χ0v) is 17.3.